The van der Waals surface area contributed by atoms with Crippen LogP contribution in [0.3, 0.4) is 0 Å². The molecular weight excluding hydrogens is 176 g/mol. The molecule has 0 amide bonds. The molecule has 0 saturated heterocycles. The lowest BCUT2D eigenvalue weighted by molar-refractivity contribution is 0.406. The van der Waals surface area contributed by atoms with Crippen LogP contribution in [-0.4, -0.2) is 10.1 Å². The van der Waals surface area contributed by atoms with E-state index in [2.05, 4.69) is 10.1 Å². The van der Waals surface area contributed by atoms with Crippen molar-refractivity contribution in [2.45, 2.75) is 6.92 Å². The van der Waals surface area contributed by atoms with Gasteiger partial charge in [-0.3, -0.25) is 4.98 Å². The van der Waals surface area contributed by atoms with Gasteiger partial charge in [0.25, 0.3) is 0 Å². The summed E-state index contributed by atoms with van der Waals surface area (Å²) in [6, 6.07) is 6.01. The van der Waals surface area contributed by atoms with Crippen molar-refractivity contribution >= 4 is 21.7 Å². The lowest BCUT2D eigenvalue weighted by Gasteiger charge is -1.95. The highest BCUT2D eigenvalue weighted by molar-refractivity contribution is 6.05. The Kier molecular flexibility index (Phi) is 1.36. The molecule has 0 spiro atoms. The number of hydrogen-bond donors (Lipinski definition) is 0. The molecule has 3 heteroatoms. The van der Waals surface area contributed by atoms with Crippen molar-refractivity contribution in [3.63, 3.8) is 0 Å². The monoisotopic (exact) mass is 184 g/mol. The third-order valence-corrected chi connectivity index (χ3v) is 2.44. The predicted octanol–water partition coefficient (Wildman–Crippen LogP) is 2.68. The van der Waals surface area contributed by atoms with Crippen LogP contribution in [-0.2, 0) is 0 Å². The van der Waals surface area contributed by atoms with Gasteiger partial charge in [0.1, 0.15) is 11.3 Å². The van der Waals surface area contributed by atoms with E-state index in [-0.39, 0.29) is 0 Å². The highest BCUT2D eigenvalue weighted by atomic mass is 16.5. The Bertz CT molecular complexity index is 613. The molecule has 0 N–H and O–H groups in total. The quantitative estimate of drug-likeness (QED) is 0.539. The van der Waals surface area contributed by atoms with E-state index in [1.54, 1.807) is 6.20 Å². The van der Waals surface area contributed by atoms with Crippen molar-refractivity contribution in [2.24, 2.45) is 0 Å². The van der Waals surface area contributed by atoms with Crippen LogP contribution in [0.4, 0.5) is 0 Å². The zero-order valence-corrected chi connectivity index (χ0v) is 7.69. The Hall–Kier alpha value is -1.90. The summed E-state index contributed by atoms with van der Waals surface area (Å²) in [6.07, 6.45) is 3.60. The summed E-state index contributed by atoms with van der Waals surface area (Å²) < 4.78 is 5.15. The SMILES string of the molecule is Cc1onc2c1ccc1cnccc12. The Morgan fingerprint density at radius 3 is 3.00 bits per heavy atom. The van der Waals surface area contributed by atoms with Gasteiger partial charge in [-0.1, -0.05) is 11.2 Å². The number of fused-ring (bicyclic) bond motifs is 3. The van der Waals surface area contributed by atoms with Gasteiger partial charge in [-0.15, -0.1) is 0 Å². The normalized spacial score (nSPS) is 11.2. The van der Waals surface area contributed by atoms with E-state index in [1.165, 1.54) is 0 Å². The van der Waals surface area contributed by atoms with Gasteiger partial charge in [-0.25, -0.2) is 0 Å². The molecule has 3 aromatic rings. The molecule has 0 aliphatic heterocycles. The highest BCUT2D eigenvalue weighted by Crippen LogP contribution is 2.25. The van der Waals surface area contributed by atoms with Gasteiger partial charge < -0.3 is 4.52 Å². The van der Waals surface area contributed by atoms with E-state index >= 15 is 0 Å². The lowest BCUT2D eigenvalue weighted by atomic mass is 10.1. The maximum absolute atomic E-state index is 5.15. The van der Waals surface area contributed by atoms with E-state index in [1.807, 2.05) is 31.3 Å². The zero-order valence-electron chi connectivity index (χ0n) is 7.69. The van der Waals surface area contributed by atoms with Crippen LogP contribution < -0.4 is 0 Å². The van der Waals surface area contributed by atoms with Crippen LogP contribution >= 0.6 is 0 Å². The topological polar surface area (TPSA) is 38.9 Å². The highest BCUT2D eigenvalue weighted by Gasteiger charge is 2.06. The van der Waals surface area contributed by atoms with Crippen molar-refractivity contribution < 1.29 is 4.52 Å². The van der Waals surface area contributed by atoms with Crippen molar-refractivity contribution in [3.8, 4) is 0 Å². The molecule has 14 heavy (non-hydrogen) atoms. The average Bonchev–Trinajstić information content (AvgIpc) is 2.61. The van der Waals surface area contributed by atoms with Crippen molar-refractivity contribution in [1.82, 2.24) is 10.1 Å². The standard InChI is InChI=1S/C11H8N2O/c1-7-9-3-2-8-6-12-5-4-10(8)11(9)13-14-7/h2-6H,1H3. The summed E-state index contributed by atoms with van der Waals surface area (Å²) in [6.45, 7) is 1.92. The van der Waals surface area contributed by atoms with Gasteiger partial charge in [0.15, 0.2) is 0 Å². The molecule has 0 atom stereocenters. The first-order chi connectivity index (χ1) is 6.86. The molecule has 0 fully saturated rings. The van der Waals surface area contributed by atoms with Crippen LogP contribution in [0.1, 0.15) is 5.76 Å². The molecule has 0 bridgehead atoms. The van der Waals surface area contributed by atoms with Crippen LogP contribution in [0.25, 0.3) is 21.7 Å². The Labute approximate surface area is 80.3 Å². The van der Waals surface area contributed by atoms with Crippen molar-refractivity contribution in [1.29, 1.82) is 0 Å². The second-order valence-corrected chi connectivity index (χ2v) is 3.30. The Morgan fingerprint density at radius 2 is 2.07 bits per heavy atom. The van der Waals surface area contributed by atoms with Gasteiger partial charge in [-0.05, 0) is 19.1 Å². The smallest absolute Gasteiger partial charge is 0.141 e. The molecule has 0 aliphatic carbocycles. The zero-order chi connectivity index (χ0) is 9.54. The number of benzene rings is 1. The van der Waals surface area contributed by atoms with Crippen molar-refractivity contribution in [3.05, 3.63) is 36.4 Å². The number of aryl methyl sites for hydroxylation is 1. The number of rotatable bonds is 0. The maximum atomic E-state index is 5.15. The fourth-order valence-corrected chi connectivity index (χ4v) is 1.70. The maximum Gasteiger partial charge on any atom is 0.141 e. The second kappa shape index (κ2) is 2.54. The number of aromatic nitrogens is 2. The van der Waals surface area contributed by atoms with E-state index in [9.17, 15) is 0 Å². The molecule has 0 unspecified atom stereocenters. The lowest BCUT2D eigenvalue weighted by Crippen LogP contribution is -1.77. The number of nitrogens with zero attached hydrogens (tertiary/aromatic N) is 2. The summed E-state index contributed by atoms with van der Waals surface area (Å²) in [5.41, 5.74) is 0.919. The summed E-state index contributed by atoms with van der Waals surface area (Å²) in [5, 5.41) is 7.30. The van der Waals surface area contributed by atoms with Crippen LogP contribution in [0.15, 0.2) is 35.1 Å². The third kappa shape index (κ3) is 0.865. The summed E-state index contributed by atoms with van der Waals surface area (Å²) in [7, 11) is 0. The van der Waals surface area contributed by atoms with Gasteiger partial charge in [-0.2, -0.15) is 0 Å². The summed E-state index contributed by atoms with van der Waals surface area (Å²) in [5.74, 6) is 0.860. The number of pyridine rings is 1. The van der Waals surface area contributed by atoms with E-state index in [4.69, 9.17) is 4.52 Å². The molecule has 1 aromatic carbocycles. The van der Waals surface area contributed by atoms with Crippen molar-refractivity contribution in [2.75, 3.05) is 0 Å². The molecular formula is C11H8N2O. The van der Waals surface area contributed by atoms with Gasteiger partial charge in [0.05, 0.1) is 0 Å². The molecule has 3 rings (SSSR count). The minimum Gasteiger partial charge on any atom is -0.360 e. The van der Waals surface area contributed by atoms with Crippen LogP contribution in [0.2, 0.25) is 0 Å². The minimum atomic E-state index is 0.860. The second-order valence-electron chi connectivity index (χ2n) is 3.30. The first-order valence-corrected chi connectivity index (χ1v) is 4.45. The van der Waals surface area contributed by atoms with Gasteiger partial charge >= 0.3 is 0 Å². The first kappa shape index (κ1) is 7.50. The summed E-state index contributed by atoms with van der Waals surface area (Å²) in [4.78, 5) is 4.07. The third-order valence-electron chi connectivity index (χ3n) is 2.44. The van der Waals surface area contributed by atoms with E-state index in [0.717, 1.165) is 27.4 Å². The molecule has 3 nitrogen and oxygen atoms in total. The minimum absolute atomic E-state index is 0.860. The predicted molar refractivity (Wildman–Crippen MR) is 54.0 cm³/mol. The molecule has 0 saturated carbocycles. The largest absolute Gasteiger partial charge is 0.360 e. The fourth-order valence-electron chi connectivity index (χ4n) is 1.70. The first-order valence-electron chi connectivity index (χ1n) is 4.45. The summed E-state index contributed by atoms with van der Waals surface area (Å²) >= 11 is 0. The van der Waals surface area contributed by atoms with Gasteiger partial charge in [0.2, 0.25) is 0 Å². The van der Waals surface area contributed by atoms with E-state index < -0.39 is 0 Å². The van der Waals surface area contributed by atoms with Crippen LogP contribution in [0, 0.1) is 6.92 Å². The van der Waals surface area contributed by atoms with Gasteiger partial charge in [0, 0.05) is 28.6 Å². The molecule has 68 valence electrons. The van der Waals surface area contributed by atoms with E-state index in [0.29, 0.717) is 0 Å². The molecule has 0 aliphatic rings. The molecule has 0 radical (unpaired) electrons. The number of hydrogen-bond acceptors (Lipinski definition) is 3. The molecule has 2 aromatic heterocycles. The fraction of sp³-hybridized carbons (Fsp3) is 0.0909. The molecule has 2 heterocycles. The average molecular weight is 184 g/mol. The Morgan fingerprint density at radius 1 is 1.14 bits per heavy atom. The Balaban J connectivity index is 2.61. The van der Waals surface area contributed by atoms with Crippen LogP contribution in [0.5, 0.6) is 0 Å².